The average Bonchev–Trinajstić information content (AvgIpc) is 3.31. The second-order valence-corrected chi connectivity index (χ2v) is 7.30. The molecule has 0 saturated carbocycles. The molecule has 0 radical (unpaired) electrons. The summed E-state index contributed by atoms with van der Waals surface area (Å²) >= 11 is 1.43. The van der Waals surface area contributed by atoms with Crippen LogP contribution >= 0.6 is 11.3 Å². The van der Waals surface area contributed by atoms with E-state index in [0.717, 1.165) is 17.7 Å². The van der Waals surface area contributed by atoms with E-state index in [1.54, 1.807) is 6.92 Å². The number of fused-ring (bicyclic) bond motifs is 1. The van der Waals surface area contributed by atoms with Crippen molar-refractivity contribution in [3.05, 3.63) is 65.0 Å². The van der Waals surface area contributed by atoms with E-state index in [9.17, 15) is 4.79 Å². The molecule has 0 bridgehead atoms. The molecule has 1 aromatic heterocycles. The lowest BCUT2D eigenvalue weighted by atomic mass is 10.1. The first-order valence-corrected chi connectivity index (χ1v) is 9.67. The Morgan fingerprint density at radius 3 is 2.81 bits per heavy atom. The molecule has 0 aliphatic heterocycles. The van der Waals surface area contributed by atoms with Crippen LogP contribution in [0.2, 0.25) is 0 Å². The lowest BCUT2D eigenvalue weighted by Gasteiger charge is -2.13. The number of amides is 1. The van der Waals surface area contributed by atoms with Gasteiger partial charge in [0.25, 0.3) is 5.91 Å². The maximum atomic E-state index is 12.3. The number of nitrogens with one attached hydrogen (secondary N) is 1. The fourth-order valence-corrected chi connectivity index (χ4v) is 3.88. The van der Waals surface area contributed by atoms with Crippen molar-refractivity contribution in [2.24, 2.45) is 0 Å². The van der Waals surface area contributed by atoms with Gasteiger partial charge < -0.3 is 4.74 Å². The van der Waals surface area contributed by atoms with E-state index in [0.29, 0.717) is 10.9 Å². The van der Waals surface area contributed by atoms with E-state index in [4.69, 9.17) is 4.74 Å². The molecular weight excluding hydrogens is 344 g/mol. The molecule has 2 aromatic carbocycles. The van der Waals surface area contributed by atoms with E-state index in [-0.39, 0.29) is 5.91 Å². The van der Waals surface area contributed by atoms with Crippen LogP contribution in [0.15, 0.2) is 53.9 Å². The van der Waals surface area contributed by atoms with Crippen LogP contribution in [0.3, 0.4) is 0 Å². The van der Waals surface area contributed by atoms with Crippen LogP contribution in [0.4, 0.5) is 5.13 Å². The predicted octanol–water partition coefficient (Wildman–Crippen LogP) is 4.70. The highest BCUT2D eigenvalue weighted by molar-refractivity contribution is 7.14. The topological polar surface area (TPSA) is 51.2 Å². The van der Waals surface area contributed by atoms with Gasteiger partial charge in [-0.25, -0.2) is 4.98 Å². The summed E-state index contributed by atoms with van der Waals surface area (Å²) in [4.78, 5) is 16.9. The minimum atomic E-state index is -0.593. The van der Waals surface area contributed by atoms with Crippen LogP contribution in [0.25, 0.3) is 11.3 Å². The van der Waals surface area contributed by atoms with Gasteiger partial charge in [-0.05, 0) is 55.5 Å². The molecule has 3 aromatic rings. The van der Waals surface area contributed by atoms with E-state index < -0.39 is 6.10 Å². The standard InChI is InChI=1S/C21H20N2O2S/c1-14(25-18-8-3-2-4-9-18)20(24)23-21-22-19(13-26-21)17-11-10-15-6-5-7-16(15)12-17/h2-4,8-14H,5-7H2,1H3,(H,22,23,24). The summed E-state index contributed by atoms with van der Waals surface area (Å²) in [6.45, 7) is 1.73. The second-order valence-electron chi connectivity index (χ2n) is 6.44. The zero-order valence-corrected chi connectivity index (χ0v) is 15.4. The molecule has 5 heteroatoms. The summed E-state index contributed by atoms with van der Waals surface area (Å²) in [7, 11) is 0. The fourth-order valence-electron chi connectivity index (χ4n) is 3.16. The van der Waals surface area contributed by atoms with Gasteiger partial charge in [0.15, 0.2) is 11.2 Å². The number of aryl methyl sites for hydroxylation is 2. The summed E-state index contributed by atoms with van der Waals surface area (Å²) in [6, 6.07) is 15.9. The number of nitrogens with zero attached hydrogens (tertiary/aromatic N) is 1. The summed E-state index contributed by atoms with van der Waals surface area (Å²) in [5.74, 6) is 0.469. The van der Waals surface area contributed by atoms with E-state index in [1.165, 1.54) is 35.3 Å². The van der Waals surface area contributed by atoms with Crippen molar-refractivity contribution < 1.29 is 9.53 Å². The van der Waals surface area contributed by atoms with Gasteiger partial charge >= 0.3 is 0 Å². The summed E-state index contributed by atoms with van der Waals surface area (Å²) in [5.41, 5.74) is 4.88. The van der Waals surface area contributed by atoms with Gasteiger partial charge in [0.2, 0.25) is 0 Å². The number of thiazole rings is 1. The Kier molecular flexibility index (Phi) is 4.71. The van der Waals surface area contributed by atoms with Crippen molar-refractivity contribution in [2.45, 2.75) is 32.3 Å². The molecule has 1 heterocycles. The van der Waals surface area contributed by atoms with Crippen LogP contribution < -0.4 is 10.1 Å². The minimum Gasteiger partial charge on any atom is -0.481 e. The Labute approximate surface area is 156 Å². The first-order valence-electron chi connectivity index (χ1n) is 8.79. The molecule has 1 aliphatic carbocycles. The zero-order chi connectivity index (χ0) is 17.9. The highest BCUT2D eigenvalue weighted by Gasteiger charge is 2.17. The maximum Gasteiger partial charge on any atom is 0.266 e. The minimum absolute atomic E-state index is 0.205. The number of aromatic nitrogens is 1. The Morgan fingerprint density at radius 1 is 1.15 bits per heavy atom. The van der Waals surface area contributed by atoms with Gasteiger partial charge in [0, 0.05) is 10.9 Å². The molecule has 0 saturated heterocycles. The summed E-state index contributed by atoms with van der Waals surface area (Å²) in [5, 5.41) is 5.42. The zero-order valence-electron chi connectivity index (χ0n) is 14.6. The molecule has 1 N–H and O–H groups in total. The molecule has 0 spiro atoms. The van der Waals surface area contributed by atoms with Crippen LogP contribution in [0.5, 0.6) is 5.75 Å². The fraction of sp³-hybridized carbons (Fsp3) is 0.238. The molecule has 4 nitrogen and oxygen atoms in total. The molecule has 1 amide bonds. The van der Waals surface area contributed by atoms with E-state index in [1.807, 2.05) is 35.7 Å². The molecule has 1 aliphatic rings. The Morgan fingerprint density at radius 2 is 1.96 bits per heavy atom. The van der Waals surface area contributed by atoms with Crippen molar-refractivity contribution in [2.75, 3.05) is 5.32 Å². The van der Waals surface area contributed by atoms with Crippen LogP contribution in [0.1, 0.15) is 24.5 Å². The molecule has 0 fully saturated rings. The molecule has 132 valence electrons. The lowest BCUT2D eigenvalue weighted by Crippen LogP contribution is -2.30. The van der Waals surface area contributed by atoms with Crippen LogP contribution in [-0.2, 0) is 17.6 Å². The van der Waals surface area contributed by atoms with Gasteiger partial charge in [-0.1, -0.05) is 30.3 Å². The number of anilines is 1. The number of carbonyl (C=O) groups excluding carboxylic acids is 1. The van der Waals surface area contributed by atoms with Crippen LogP contribution in [0, 0.1) is 0 Å². The number of ether oxygens (including phenoxy) is 1. The maximum absolute atomic E-state index is 12.3. The van der Waals surface area contributed by atoms with Crippen molar-refractivity contribution in [1.82, 2.24) is 4.98 Å². The third-order valence-electron chi connectivity index (χ3n) is 4.55. The first kappa shape index (κ1) is 16.8. The van der Waals surface area contributed by atoms with Crippen LogP contribution in [-0.4, -0.2) is 17.0 Å². The molecule has 1 unspecified atom stereocenters. The normalized spacial score (nSPS) is 13.9. The number of hydrogen-bond acceptors (Lipinski definition) is 4. The third kappa shape index (κ3) is 3.63. The Bertz CT molecular complexity index is 921. The van der Waals surface area contributed by atoms with Crippen molar-refractivity contribution in [3.63, 3.8) is 0 Å². The second kappa shape index (κ2) is 7.30. The Balaban J connectivity index is 1.42. The number of hydrogen-bond donors (Lipinski definition) is 1. The number of benzene rings is 2. The smallest absolute Gasteiger partial charge is 0.266 e. The SMILES string of the molecule is CC(Oc1ccccc1)C(=O)Nc1nc(-c2ccc3c(c2)CCC3)cs1. The molecule has 4 rings (SSSR count). The van der Waals surface area contributed by atoms with Gasteiger partial charge in [-0.3, -0.25) is 10.1 Å². The highest BCUT2D eigenvalue weighted by atomic mass is 32.1. The van der Waals surface area contributed by atoms with Gasteiger partial charge in [-0.15, -0.1) is 11.3 Å². The van der Waals surface area contributed by atoms with Gasteiger partial charge in [0.05, 0.1) is 5.69 Å². The molecule has 1 atom stereocenters. The predicted molar refractivity (Wildman–Crippen MR) is 105 cm³/mol. The highest BCUT2D eigenvalue weighted by Crippen LogP contribution is 2.30. The monoisotopic (exact) mass is 364 g/mol. The van der Waals surface area contributed by atoms with E-state index >= 15 is 0 Å². The number of carbonyl (C=O) groups is 1. The number of rotatable bonds is 5. The quantitative estimate of drug-likeness (QED) is 0.714. The number of para-hydroxylation sites is 1. The summed E-state index contributed by atoms with van der Waals surface area (Å²) in [6.07, 6.45) is 2.96. The van der Waals surface area contributed by atoms with Crippen molar-refractivity contribution >= 4 is 22.4 Å². The molecular formula is C21H20N2O2S. The van der Waals surface area contributed by atoms with Gasteiger partial charge in [-0.2, -0.15) is 0 Å². The first-order chi connectivity index (χ1) is 12.7. The van der Waals surface area contributed by atoms with Gasteiger partial charge in [0.1, 0.15) is 5.75 Å². The third-order valence-corrected chi connectivity index (χ3v) is 5.31. The lowest BCUT2D eigenvalue weighted by molar-refractivity contribution is -0.122. The van der Waals surface area contributed by atoms with E-state index in [2.05, 4.69) is 28.5 Å². The van der Waals surface area contributed by atoms with Crippen molar-refractivity contribution in [1.29, 1.82) is 0 Å². The van der Waals surface area contributed by atoms with Crippen molar-refractivity contribution in [3.8, 4) is 17.0 Å². The summed E-state index contributed by atoms with van der Waals surface area (Å²) < 4.78 is 5.65. The molecule has 26 heavy (non-hydrogen) atoms. The Hall–Kier alpha value is -2.66. The average molecular weight is 364 g/mol. The largest absolute Gasteiger partial charge is 0.481 e.